The van der Waals surface area contributed by atoms with Gasteiger partial charge in [-0.05, 0) is 42.8 Å². The summed E-state index contributed by atoms with van der Waals surface area (Å²) in [6.45, 7) is 3.44. The van der Waals surface area contributed by atoms with Gasteiger partial charge in [-0.15, -0.1) is 0 Å². The number of piperidine rings is 1. The summed E-state index contributed by atoms with van der Waals surface area (Å²) in [7, 11) is 0. The van der Waals surface area contributed by atoms with E-state index in [2.05, 4.69) is 17.2 Å². The lowest BCUT2D eigenvalue weighted by atomic mass is 9.80. The van der Waals surface area contributed by atoms with Crippen LogP contribution in [0.5, 0.6) is 0 Å². The molecule has 0 radical (unpaired) electrons. The fourth-order valence-electron chi connectivity index (χ4n) is 4.08. The summed E-state index contributed by atoms with van der Waals surface area (Å²) < 4.78 is 6.29. The number of likely N-dealkylation sites (tertiary alicyclic amines) is 1. The Hall–Kier alpha value is -2.25. The molecule has 1 spiro atoms. The van der Waals surface area contributed by atoms with Gasteiger partial charge in [0.2, 0.25) is 0 Å². The molecular formula is C20H23N3O3S. The van der Waals surface area contributed by atoms with E-state index in [-0.39, 0.29) is 23.3 Å². The number of nitrogens with one attached hydrogen (secondary N) is 1. The minimum Gasteiger partial charge on any atom is -0.362 e. The summed E-state index contributed by atoms with van der Waals surface area (Å²) in [6, 6.07) is 5.47. The van der Waals surface area contributed by atoms with Crippen molar-refractivity contribution in [2.45, 2.75) is 37.9 Å². The van der Waals surface area contributed by atoms with Crippen molar-refractivity contribution in [1.29, 1.82) is 0 Å². The highest BCUT2D eigenvalue weighted by atomic mass is 32.1. The van der Waals surface area contributed by atoms with Gasteiger partial charge in [-0.1, -0.05) is 6.92 Å². The summed E-state index contributed by atoms with van der Waals surface area (Å²) in [5.41, 5.74) is 1.11. The standard InChI is InChI=1S/C20H23N3O3S/c1-14-12-23(19(25)15-5-10-27-13-15)9-7-20(14)6-4-17(26-20)18(24)22-16-3-2-8-21-11-16/h2-3,5,8,10-11,13-14,17H,4,6-7,9,12H2,1H3,(H,22,24)/t14-,17+,20-/m1/s1. The van der Waals surface area contributed by atoms with E-state index in [1.807, 2.05) is 27.8 Å². The normalized spacial score (nSPS) is 27.7. The van der Waals surface area contributed by atoms with Gasteiger partial charge >= 0.3 is 0 Å². The second kappa shape index (κ2) is 7.40. The second-order valence-electron chi connectivity index (χ2n) is 7.36. The van der Waals surface area contributed by atoms with Crippen molar-refractivity contribution in [3.05, 3.63) is 46.9 Å². The molecule has 142 valence electrons. The van der Waals surface area contributed by atoms with Crippen LogP contribution in [0.2, 0.25) is 0 Å². The van der Waals surface area contributed by atoms with Crippen LogP contribution in [0.15, 0.2) is 41.4 Å². The zero-order valence-electron chi connectivity index (χ0n) is 15.3. The van der Waals surface area contributed by atoms with E-state index in [1.54, 1.807) is 18.5 Å². The van der Waals surface area contributed by atoms with Crippen LogP contribution < -0.4 is 5.32 Å². The van der Waals surface area contributed by atoms with Crippen LogP contribution in [0, 0.1) is 5.92 Å². The largest absolute Gasteiger partial charge is 0.362 e. The summed E-state index contributed by atoms with van der Waals surface area (Å²) in [6.07, 6.45) is 5.16. The van der Waals surface area contributed by atoms with E-state index in [0.29, 0.717) is 25.2 Å². The van der Waals surface area contributed by atoms with E-state index in [0.717, 1.165) is 18.4 Å². The Morgan fingerprint density at radius 1 is 1.37 bits per heavy atom. The Labute approximate surface area is 162 Å². The van der Waals surface area contributed by atoms with Gasteiger partial charge in [0.25, 0.3) is 11.8 Å². The molecule has 27 heavy (non-hydrogen) atoms. The lowest BCUT2D eigenvalue weighted by Gasteiger charge is -2.44. The number of anilines is 1. The first kappa shape index (κ1) is 18.1. The van der Waals surface area contributed by atoms with Gasteiger partial charge in [0.05, 0.1) is 23.0 Å². The van der Waals surface area contributed by atoms with Gasteiger partial charge in [-0.25, -0.2) is 0 Å². The maximum Gasteiger partial charge on any atom is 0.254 e. The van der Waals surface area contributed by atoms with Crippen LogP contribution in [0.25, 0.3) is 0 Å². The highest BCUT2D eigenvalue weighted by Crippen LogP contribution is 2.42. The Balaban J connectivity index is 1.37. The minimum atomic E-state index is -0.452. The minimum absolute atomic E-state index is 0.0850. The number of nitrogens with zero attached hydrogens (tertiary/aromatic N) is 2. The van der Waals surface area contributed by atoms with Gasteiger partial charge in [0, 0.05) is 30.6 Å². The Kier molecular flexibility index (Phi) is 4.97. The number of aromatic nitrogens is 1. The number of carbonyl (C=O) groups is 2. The van der Waals surface area contributed by atoms with Gasteiger partial charge < -0.3 is 15.0 Å². The van der Waals surface area contributed by atoms with Crippen molar-refractivity contribution in [2.75, 3.05) is 18.4 Å². The Morgan fingerprint density at radius 2 is 2.26 bits per heavy atom. The number of rotatable bonds is 3. The second-order valence-corrected chi connectivity index (χ2v) is 8.14. The van der Waals surface area contributed by atoms with Crippen LogP contribution in [0.4, 0.5) is 5.69 Å². The van der Waals surface area contributed by atoms with Gasteiger partial charge in [-0.2, -0.15) is 11.3 Å². The molecule has 0 aliphatic carbocycles. The third-order valence-corrected chi connectivity index (χ3v) is 6.36. The fourth-order valence-corrected chi connectivity index (χ4v) is 4.71. The molecule has 2 amide bonds. The van der Waals surface area contributed by atoms with E-state index in [1.165, 1.54) is 11.3 Å². The van der Waals surface area contributed by atoms with E-state index in [9.17, 15) is 9.59 Å². The van der Waals surface area contributed by atoms with Gasteiger partial charge in [-0.3, -0.25) is 14.6 Å². The van der Waals surface area contributed by atoms with Crippen LogP contribution in [0.3, 0.4) is 0 Å². The number of pyridine rings is 1. The lowest BCUT2D eigenvalue weighted by Crippen LogP contribution is -2.52. The van der Waals surface area contributed by atoms with Gasteiger partial charge in [0.1, 0.15) is 6.10 Å². The average Bonchev–Trinajstić information content (AvgIpc) is 3.35. The predicted octanol–water partition coefficient (Wildman–Crippen LogP) is 3.18. The third-order valence-electron chi connectivity index (χ3n) is 5.68. The molecule has 1 N–H and O–H groups in total. The van der Waals surface area contributed by atoms with Crippen LogP contribution >= 0.6 is 11.3 Å². The monoisotopic (exact) mass is 385 g/mol. The Bertz CT molecular complexity index is 811. The van der Waals surface area contributed by atoms with E-state index >= 15 is 0 Å². The average molecular weight is 385 g/mol. The number of thiophene rings is 1. The van der Waals surface area contributed by atoms with Crippen LogP contribution in [0.1, 0.15) is 36.5 Å². The van der Waals surface area contributed by atoms with Crippen molar-refractivity contribution in [3.8, 4) is 0 Å². The van der Waals surface area contributed by atoms with Crippen molar-refractivity contribution >= 4 is 28.8 Å². The highest BCUT2D eigenvalue weighted by Gasteiger charge is 2.49. The third kappa shape index (κ3) is 3.61. The van der Waals surface area contributed by atoms with E-state index < -0.39 is 6.10 Å². The first-order chi connectivity index (χ1) is 13.1. The molecule has 2 fully saturated rings. The maximum atomic E-state index is 12.6. The summed E-state index contributed by atoms with van der Waals surface area (Å²) in [5, 5.41) is 6.69. The topological polar surface area (TPSA) is 71.5 Å². The summed E-state index contributed by atoms with van der Waals surface area (Å²) >= 11 is 1.53. The quantitative estimate of drug-likeness (QED) is 0.881. The molecule has 0 saturated carbocycles. The van der Waals surface area contributed by atoms with Crippen molar-refractivity contribution < 1.29 is 14.3 Å². The Morgan fingerprint density at radius 3 is 2.96 bits per heavy atom. The van der Waals surface area contributed by atoms with Crippen molar-refractivity contribution in [1.82, 2.24) is 9.88 Å². The van der Waals surface area contributed by atoms with Gasteiger partial charge in [0.15, 0.2) is 0 Å². The van der Waals surface area contributed by atoms with E-state index in [4.69, 9.17) is 4.74 Å². The first-order valence-electron chi connectivity index (χ1n) is 9.27. The highest BCUT2D eigenvalue weighted by molar-refractivity contribution is 7.08. The lowest BCUT2D eigenvalue weighted by molar-refractivity contribution is -0.141. The number of carbonyl (C=O) groups excluding carboxylic acids is 2. The SMILES string of the molecule is C[C@@H]1CN(C(=O)c2ccsc2)CC[C@]12CC[C@@H](C(=O)Nc1cccnc1)O2. The molecule has 3 atom stereocenters. The molecule has 0 bridgehead atoms. The molecular weight excluding hydrogens is 362 g/mol. The van der Waals surface area contributed by atoms with Crippen LogP contribution in [-0.2, 0) is 9.53 Å². The molecule has 7 heteroatoms. The molecule has 2 saturated heterocycles. The molecule has 4 rings (SSSR count). The molecule has 2 aliphatic rings. The number of hydrogen-bond acceptors (Lipinski definition) is 5. The molecule has 2 aliphatic heterocycles. The van der Waals surface area contributed by atoms with Crippen molar-refractivity contribution in [3.63, 3.8) is 0 Å². The number of amides is 2. The van der Waals surface area contributed by atoms with Crippen molar-refractivity contribution in [2.24, 2.45) is 5.92 Å². The molecule has 2 aromatic heterocycles. The smallest absolute Gasteiger partial charge is 0.254 e. The zero-order chi connectivity index (χ0) is 18.9. The van der Waals surface area contributed by atoms with Crippen LogP contribution in [-0.4, -0.2) is 46.5 Å². The molecule has 4 heterocycles. The molecule has 2 aromatic rings. The number of hydrogen-bond donors (Lipinski definition) is 1. The first-order valence-corrected chi connectivity index (χ1v) is 10.2. The summed E-state index contributed by atoms with van der Waals surface area (Å²) in [5.74, 6) is 0.149. The molecule has 6 nitrogen and oxygen atoms in total. The fraction of sp³-hybridized carbons (Fsp3) is 0.450. The number of ether oxygens (including phenoxy) is 1. The zero-order valence-corrected chi connectivity index (χ0v) is 16.1. The maximum absolute atomic E-state index is 12.6. The summed E-state index contributed by atoms with van der Waals surface area (Å²) in [4.78, 5) is 31.1. The predicted molar refractivity (Wildman–Crippen MR) is 104 cm³/mol. The molecule has 0 unspecified atom stereocenters. The molecule has 0 aromatic carbocycles.